The molecule has 0 saturated carbocycles. The number of nitrogens with zero attached hydrogens (tertiary/aromatic N) is 3. The van der Waals surface area contributed by atoms with Gasteiger partial charge in [0.25, 0.3) is 0 Å². The average molecular weight is 408 g/mol. The summed E-state index contributed by atoms with van der Waals surface area (Å²) >= 11 is 6.22. The number of amides is 1. The Bertz CT molecular complexity index is 839. The SMILES string of the molecule is Cc1nn([C@@H](C)CC(=O)N2CCC[C@@H](COc3ccccc3F)C2)c(C)c1Cl. The van der Waals surface area contributed by atoms with Crippen LogP contribution < -0.4 is 4.74 Å². The molecule has 2 aromatic rings. The predicted octanol–water partition coefficient (Wildman–Crippen LogP) is 4.56. The van der Waals surface area contributed by atoms with Gasteiger partial charge in [-0.05, 0) is 45.7 Å². The topological polar surface area (TPSA) is 47.4 Å². The maximum Gasteiger partial charge on any atom is 0.224 e. The molecule has 1 aliphatic rings. The second kappa shape index (κ2) is 8.95. The van der Waals surface area contributed by atoms with Crippen LogP contribution in [-0.4, -0.2) is 40.3 Å². The van der Waals surface area contributed by atoms with Gasteiger partial charge in [-0.1, -0.05) is 23.7 Å². The molecule has 152 valence electrons. The molecule has 1 amide bonds. The third-order valence-corrected chi connectivity index (χ3v) is 5.85. The zero-order valence-corrected chi connectivity index (χ0v) is 17.4. The van der Waals surface area contributed by atoms with Gasteiger partial charge in [-0.15, -0.1) is 0 Å². The van der Waals surface area contributed by atoms with Crippen molar-refractivity contribution in [2.45, 2.75) is 46.1 Å². The van der Waals surface area contributed by atoms with Gasteiger partial charge >= 0.3 is 0 Å². The third-order valence-electron chi connectivity index (χ3n) is 5.31. The van der Waals surface area contributed by atoms with E-state index >= 15 is 0 Å². The number of hydrogen-bond donors (Lipinski definition) is 0. The molecule has 1 aromatic heterocycles. The highest BCUT2D eigenvalue weighted by molar-refractivity contribution is 6.31. The fraction of sp³-hybridized carbons (Fsp3) is 0.524. The molecule has 1 aromatic carbocycles. The molecule has 1 fully saturated rings. The van der Waals surface area contributed by atoms with Crippen LogP contribution >= 0.6 is 11.6 Å². The molecule has 7 heteroatoms. The molecular weight excluding hydrogens is 381 g/mol. The van der Waals surface area contributed by atoms with Crippen molar-refractivity contribution in [1.29, 1.82) is 0 Å². The molecule has 1 saturated heterocycles. The lowest BCUT2D eigenvalue weighted by Crippen LogP contribution is -2.42. The molecule has 2 atom stereocenters. The summed E-state index contributed by atoms with van der Waals surface area (Å²) in [5, 5.41) is 5.11. The lowest BCUT2D eigenvalue weighted by Gasteiger charge is -2.33. The van der Waals surface area contributed by atoms with Crippen molar-refractivity contribution in [3.05, 3.63) is 46.5 Å². The summed E-state index contributed by atoms with van der Waals surface area (Å²) in [4.78, 5) is 14.7. The van der Waals surface area contributed by atoms with Crippen molar-refractivity contribution in [3.63, 3.8) is 0 Å². The van der Waals surface area contributed by atoms with Crippen molar-refractivity contribution in [1.82, 2.24) is 14.7 Å². The maximum absolute atomic E-state index is 13.7. The minimum Gasteiger partial charge on any atom is -0.490 e. The van der Waals surface area contributed by atoms with E-state index in [1.54, 1.807) is 18.2 Å². The number of carbonyl (C=O) groups excluding carboxylic acids is 1. The Morgan fingerprint density at radius 2 is 2.14 bits per heavy atom. The van der Waals surface area contributed by atoms with E-state index in [1.165, 1.54) is 6.07 Å². The Morgan fingerprint density at radius 1 is 1.39 bits per heavy atom. The fourth-order valence-electron chi connectivity index (χ4n) is 3.74. The van der Waals surface area contributed by atoms with Crippen LogP contribution in [0.25, 0.3) is 0 Å². The molecule has 3 rings (SSSR count). The largest absolute Gasteiger partial charge is 0.490 e. The summed E-state index contributed by atoms with van der Waals surface area (Å²) in [5.74, 6) is 0.215. The Kier molecular flexibility index (Phi) is 6.60. The Balaban J connectivity index is 1.55. The van der Waals surface area contributed by atoms with Crippen molar-refractivity contribution in [2.24, 2.45) is 5.92 Å². The van der Waals surface area contributed by atoms with Crippen LogP contribution in [0.4, 0.5) is 4.39 Å². The van der Waals surface area contributed by atoms with Gasteiger partial charge in [0, 0.05) is 25.4 Å². The standard InChI is InChI=1S/C21H27ClFN3O2/c1-14(26-16(3)21(22)15(2)24-26)11-20(27)25-10-6-7-17(12-25)13-28-19-9-5-4-8-18(19)23/h4-5,8-9,14,17H,6-7,10-13H2,1-3H3/t14-,17+/m0/s1. The molecular formula is C21H27ClFN3O2. The van der Waals surface area contributed by atoms with E-state index < -0.39 is 0 Å². The van der Waals surface area contributed by atoms with Crippen molar-refractivity contribution < 1.29 is 13.9 Å². The number of carbonyl (C=O) groups is 1. The second-order valence-corrected chi connectivity index (χ2v) is 7.95. The third kappa shape index (κ3) is 4.66. The first-order valence-electron chi connectivity index (χ1n) is 9.73. The van der Waals surface area contributed by atoms with Gasteiger partial charge in [0.2, 0.25) is 5.91 Å². The summed E-state index contributed by atoms with van der Waals surface area (Å²) in [5.41, 5.74) is 1.66. The maximum atomic E-state index is 13.7. The van der Waals surface area contributed by atoms with E-state index in [0.29, 0.717) is 24.6 Å². The number of para-hydroxylation sites is 1. The molecule has 0 bridgehead atoms. The van der Waals surface area contributed by atoms with E-state index in [-0.39, 0.29) is 29.4 Å². The van der Waals surface area contributed by atoms with Gasteiger partial charge in [0.15, 0.2) is 11.6 Å². The van der Waals surface area contributed by atoms with Gasteiger partial charge in [0.05, 0.1) is 29.1 Å². The lowest BCUT2D eigenvalue weighted by atomic mass is 9.98. The van der Waals surface area contributed by atoms with Crippen molar-refractivity contribution in [2.75, 3.05) is 19.7 Å². The number of halogens is 2. The van der Waals surface area contributed by atoms with Gasteiger partial charge in [-0.2, -0.15) is 5.10 Å². The normalized spacial score (nSPS) is 18.2. The van der Waals surface area contributed by atoms with E-state index in [9.17, 15) is 9.18 Å². The zero-order chi connectivity index (χ0) is 20.3. The molecule has 0 radical (unpaired) electrons. The van der Waals surface area contributed by atoms with Crippen LogP contribution in [-0.2, 0) is 4.79 Å². The van der Waals surface area contributed by atoms with Crippen LogP contribution in [0.3, 0.4) is 0 Å². The van der Waals surface area contributed by atoms with E-state index in [2.05, 4.69) is 5.10 Å². The fourth-order valence-corrected chi connectivity index (χ4v) is 3.86. The average Bonchev–Trinajstić information content (AvgIpc) is 2.95. The Labute approximate surface area is 170 Å². The number of piperidine rings is 1. The summed E-state index contributed by atoms with van der Waals surface area (Å²) in [6.07, 6.45) is 2.27. The first-order chi connectivity index (χ1) is 13.4. The molecule has 5 nitrogen and oxygen atoms in total. The smallest absolute Gasteiger partial charge is 0.224 e. The minimum absolute atomic E-state index is 0.0614. The number of benzene rings is 1. The molecule has 0 spiro atoms. The Hall–Kier alpha value is -2.08. The highest BCUT2D eigenvalue weighted by atomic mass is 35.5. The molecule has 2 heterocycles. The number of hydrogen-bond acceptors (Lipinski definition) is 3. The molecule has 0 N–H and O–H groups in total. The van der Waals surface area contributed by atoms with E-state index in [0.717, 1.165) is 30.8 Å². The van der Waals surface area contributed by atoms with Gasteiger partial charge in [-0.25, -0.2) is 4.39 Å². The zero-order valence-electron chi connectivity index (χ0n) is 16.6. The molecule has 28 heavy (non-hydrogen) atoms. The number of aryl methyl sites for hydroxylation is 1. The minimum atomic E-state index is -0.358. The second-order valence-electron chi connectivity index (χ2n) is 7.57. The number of rotatable bonds is 6. The van der Waals surface area contributed by atoms with E-state index in [4.69, 9.17) is 16.3 Å². The monoisotopic (exact) mass is 407 g/mol. The van der Waals surface area contributed by atoms with Crippen LogP contribution in [0, 0.1) is 25.6 Å². The molecule has 0 aliphatic carbocycles. The lowest BCUT2D eigenvalue weighted by molar-refractivity contribution is -0.134. The van der Waals surface area contributed by atoms with Crippen LogP contribution in [0.15, 0.2) is 24.3 Å². The van der Waals surface area contributed by atoms with Crippen LogP contribution in [0.5, 0.6) is 5.75 Å². The number of likely N-dealkylation sites (tertiary alicyclic amines) is 1. The van der Waals surface area contributed by atoms with Gasteiger partial charge in [-0.3, -0.25) is 9.48 Å². The number of aromatic nitrogens is 2. The highest BCUT2D eigenvalue weighted by Gasteiger charge is 2.26. The van der Waals surface area contributed by atoms with Crippen LogP contribution in [0.1, 0.15) is 43.6 Å². The quantitative estimate of drug-likeness (QED) is 0.705. The summed E-state index contributed by atoms with van der Waals surface area (Å²) in [6.45, 7) is 7.56. The van der Waals surface area contributed by atoms with E-state index in [1.807, 2.05) is 30.4 Å². The van der Waals surface area contributed by atoms with Crippen molar-refractivity contribution in [3.8, 4) is 5.75 Å². The van der Waals surface area contributed by atoms with Gasteiger partial charge < -0.3 is 9.64 Å². The highest BCUT2D eigenvalue weighted by Crippen LogP contribution is 2.25. The van der Waals surface area contributed by atoms with Crippen LogP contribution in [0.2, 0.25) is 5.02 Å². The van der Waals surface area contributed by atoms with Crippen molar-refractivity contribution >= 4 is 17.5 Å². The molecule has 0 unspecified atom stereocenters. The predicted molar refractivity (Wildman–Crippen MR) is 107 cm³/mol. The summed E-state index contributed by atoms with van der Waals surface area (Å²) in [6, 6.07) is 6.34. The van der Waals surface area contributed by atoms with Gasteiger partial charge in [0.1, 0.15) is 0 Å². The Morgan fingerprint density at radius 3 is 2.82 bits per heavy atom. The molecule has 1 aliphatic heterocycles. The summed E-state index contributed by atoms with van der Waals surface area (Å²) < 4.78 is 21.2. The first-order valence-corrected chi connectivity index (χ1v) is 10.1. The number of ether oxygens (including phenoxy) is 1. The summed E-state index contributed by atoms with van der Waals surface area (Å²) in [7, 11) is 0. The first kappa shape index (κ1) is 20.6.